The van der Waals surface area contributed by atoms with Gasteiger partial charge < -0.3 is 19.7 Å². The van der Waals surface area contributed by atoms with Crippen molar-refractivity contribution in [1.29, 1.82) is 0 Å². The van der Waals surface area contributed by atoms with E-state index in [2.05, 4.69) is 11.2 Å². The minimum absolute atomic E-state index is 0.0778. The van der Waals surface area contributed by atoms with Gasteiger partial charge in [-0.1, -0.05) is 18.1 Å². The fourth-order valence-electron chi connectivity index (χ4n) is 2.88. The van der Waals surface area contributed by atoms with Crippen molar-refractivity contribution in [2.45, 2.75) is 6.10 Å². The number of carbonyl (C=O) groups excluding carboxylic acids is 2. The summed E-state index contributed by atoms with van der Waals surface area (Å²) in [6.07, 6.45) is 4.49. The first kappa shape index (κ1) is 17.1. The highest BCUT2D eigenvalue weighted by Gasteiger charge is 2.32. The zero-order valence-electron chi connectivity index (χ0n) is 13.9. The van der Waals surface area contributed by atoms with Gasteiger partial charge in [-0.15, -0.1) is 6.42 Å². The van der Waals surface area contributed by atoms with Crippen LogP contribution in [0.15, 0.2) is 24.3 Å². The molecule has 0 radical (unpaired) electrons. The lowest BCUT2D eigenvalue weighted by molar-refractivity contribution is -0.143. The molecule has 1 aromatic rings. The molecule has 7 nitrogen and oxygen atoms in total. The minimum Gasteiger partial charge on any atom is -0.485 e. The van der Waals surface area contributed by atoms with Gasteiger partial charge in [0.2, 0.25) is 12.0 Å². The number of hydrogen-bond acceptors (Lipinski definition) is 5. The molecule has 1 atom stereocenters. The van der Waals surface area contributed by atoms with Crippen molar-refractivity contribution in [3.05, 3.63) is 24.3 Å². The molecule has 0 spiro atoms. The van der Waals surface area contributed by atoms with Crippen LogP contribution in [0.2, 0.25) is 0 Å². The van der Waals surface area contributed by atoms with Gasteiger partial charge >= 0.3 is 0 Å². The molecule has 0 bridgehead atoms. The molecule has 0 aromatic heterocycles. The molecule has 1 fully saturated rings. The Bertz CT molecular complexity index is 677. The fourth-order valence-corrected chi connectivity index (χ4v) is 2.88. The average molecular weight is 343 g/mol. The predicted octanol–water partition coefficient (Wildman–Crippen LogP) is -0.280. The van der Waals surface area contributed by atoms with E-state index in [-0.39, 0.29) is 25.0 Å². The molecular formula is C18H21N3O4. The highest BCUT2D eigenvalue weighted by Crippen LogP contribution is 2.31. The smallest absolute Gasteiger partial charge is 0.267 e. The van der Waals surface area contributed by atoms with E-state index in [1.54, 1.807) is 11.0 Å². The Labute approximate surface area is 146 Å². The first-order valence-corrected chi connectivity index (χ1v) is 8.27. The van der Waals surface area contributed by atoms with Crippen LogP contribution in [0.4, 0.5) is 0 Å². The molecule has 1 aromatic carbocycles. The number of para-hydroxylation sites is 2. The first-order valence-electron chi connectivity index (χ1n) is 8.27. The van der Waals surface area contributed by atoms with Gasteiger partial charge in [0.1, 0.15) is 6.61 Å². The van der Waals surface area contributed by atoms with Gasteiger partial charge in [-0.25, -0.2) is 0 Å². The fraction of sp³-hybridized carbons (Fsp3) is 0.444. The lowest BCUT2D eigenvalue weighted by atomic mass is 10.2. The molecule has 7 heteroatoms. The van der Waals surface area contributed by atoms with Gasteiger partial charge in [-0.05, 0) is 12.1 Å². The minimum atomic E-state index is -0.625. The predicted molar refractivity (Wildman–Crippen MR) is 91.2 cm³/mol. The number of ether oxygens (including phenoxy) is 2. The molecular weight excluding hydrogens is 322 g/mol. The van der Waals surface area contributed by atoms with Gasteiger partial charge in [0, 0.05) is 26.2 Å². The van der Waals surface area contributed by atoms with Gasteiger partial charge in [-0.2, -0.15) is 0 Å². The van der Waals surface area contributed by atoms with E-state index in [4.69, 9.17) is 15.9 Å². The number of fused-ring (bicyclic) bond motifs is 1. The Balaban J connectivity index is 1.48. The number of carbonyl (C=O) groups is 2. The highest BCUT2D eigenvalue weighted by atomic mass is 16.6. The molecule has 0 unspecified atom stereocenters. The Morgan fingerprint density at radius 3 is 2.64 bits per heavy atom. The van der Waals surface area contributed by atoms with E-state index >= 15 is 0 Å². The Morgan fingerprint density at radius 2 is 1.92 bits per heavy atom. The number of benzene rings is 1. The summed E-state index contributed by atoms with van der Waals surface area (Å²) in [7, 11) is 0. The van der Waals surface area contributed by atoms with Crippen LogP contribution in [0.5, 0.6) is 11.5 Å². The van der Waals surface area contributed by atoms with Crippen LogP contribution in [0.25, 0.3) is 0 Å². The van der Waals surface area contributed by atoms with Gasteiger partial charge in [0.05, 0.1) is 13.1 Å². The van der Waals surface area contributed by atoms with Crippen LogP contribution < -0.4 is 14.8 Å². The summed E-state index contributed by atoms with van der Waals surface area (Å²) >= 11 is 0. The van der Waals surface area contributed by atoms with Crippen LogP contribution in [0.1, 0.15) is 0 Å². The van der Waals surface area contributed by atoms with Crippen LogP contribution in [-0.2, 0) is 9.59 Å². The van der Waals surface area contributed by atoms with E-state index in [0.717, 1.165) is 0 Å². The Morgan fingerprint density at radius 1 is 1.20 bits per heavy atom. The summed E-state index contributed by atoms with van der Waals surface area (Å²) in [5, 5.41) is 2.64. The van der Waals surface area contributed by atoms with Gasteiger partial charge in [0.25, 0.3) is 5.91 Å². The standard InChI is InChI=1S/C18H21N3O4/c1-2-7-19-17(22)12-20-8-10-21(11-9-20)18(23)16-13-24-14-5-3-4-6-15(14)25-16/h1,3-6,16H,7-13H2,(H,19,22)/t16-/m1/s1. The summed E-state index contributed by atoms with van der Waals surface area (Å²) in [5.74, 6) is 3.45. The maximum absolute atomic E-state index is 12.6. The molecule has 2 aliphatic rings. The van der Waals surface area contributed by atoms with Gasteiger partial charge in [-0.3, -0.25) is 14.5 Å². The van der Waals surface area contributed by atoms with Crippen LogP contribution in [0, 0.1) is 12.3 Å². The number of rotatable bonds is 4. The second kappa shape index (κ2) is 7.90. The lowest BCUT2D eigenvalue weighted by Gasteiger charge is -2.36. The SMILES string of the molecule is C#CCNC(=O)CN1CCN(C(=O)[C@H]2COc3ccccc3O2)CC1. The van der Waals surface area contributed by atoms with E-state index in [0.29, 0.717) is 44.2 Å². The number of piperazine rings is 1. The Kier molecular flexibility index (Phi) is 5.41. The molecule has 3 rings (SSSR count). The topological polar surface area (TPSA) is 71.1 Å². The quantitative estimate of drug-likeness (QED) is 0.762. The maximum Gasteiger partial charge on any atom is 0.267 e. The molecule has 25 heavy (non-hydrogen) atoms. The zero-order valence-corrected chi connectivity index (χ0v) is 13.9. The number of terminal acetylenes is 1. The third kappa shape index (κ3) is 4.22. The normalized spacial score (nSPS) is 19.8. The van der Waals surface area contributed by atoms with Crippen LogP contribution in [0.3, 0.4) is 0 Å². The molecule has 0 saturated carbocycles. The third-order valence-corrected chi connectivity index (χ3v) is 4.22. The van der Waals surface area contributed by atoms with E-state index < -0.39 is 6.10 Å². The lowest BCUT2D eigenvalue weighted by Crippen LogP contribution is -2.55. The first-order chi connectivity index (χ1) is 12.2. The monoisotopic (exact) mass is 343 g/mol. The van der Waals surface area contributed by atoms with Gasteiger partial charge in [0.15, 0.2) is 11.5 Å². The van der Waals surface area contributed by atoms with Crippen LogP contribution >= 0.6 is 0 Å². The number of nitrogens with one attached hydrogen (secondary N) is 1. The van der Waals surface area contributed by atoms with Crippen molar-refractivity contribution >= 4 is 11.8 Å². The second-order valence-corrected chi connectivity index (χ2v) is 5.95. The number of amides is 2. The van der Waals surface area contributed by atoms with E-state index in [1.165, 1.54) is 0 Å². The number of hydrogen-bond donors (Lipinski definition) is 1. The molecule has 2 amide bonds. The summed E-state index contributed by atoms with van der Waals surface area (Å²) in [4.78, 5) is 28.1. The third-order valence-electron chi connectivity index (χ3n) is 4.22. The second-order valence-electron chi connectivity index (χ2n) is 5.95. The number of nitrogens with zero attached hydrogens (tertiary/aromatic N) is 2. The maximum atomic E-state index is 12.6. The average Bonchev–Trinajstić information content (AvgIpc) is 2.66. The zero-order chi connectivity index (χ0) is 17.6. The summed E-state index contributed by atoms with van der Waals surface area (Å²) in [5.41, 5.74) is 0. The molecule has 2 aliphatic heterocycles. The van der Waals surface area contributed by atoms with Crippen LogP contribution in [-0.4, -0.2) is 73.6 Å². The van der Waals surface area contributed by atoms with Crippen molar-refractivity contribution in [3.8, 4) is 23.8 Å². The van der Waals surface area contributed by atoms with Crippen molar-refractivity contribution < 1.29 is 19.1 Å². The molecule has 1 N–H and O–H groups in total. The summed E-state index contributed by atoms with van der Waals surface area (Å²) in [6, 6.07) is 7.32. The molecule has 132 valence electrons. The summed E-state index contributed by atoms with van der Waals surface area (Å²) < 4.78 is 11.4. The summed E-state index contributed by atoms with van der Waals surface area (Å²) in [6.45, 7) is 3.13. The molecule has 0 aliphatic carbocycles. The highest BCUT2D eigenvalue weighted by molar-refractivity contribution is 5.82. The molecule has 2 heterocycles. The van der Waals surface area contributed by atoms with Crippen molar-refractivity contribution in [3.63, 3.8) is 0 Å². The van der Waals surface area contributed by atoms with E-state index in [9.17, 15) is 9.59 Å². The largest absolute Gasteiger partial charge is 0.485 e. The van der Waals surface area contributed by atoms with Crippen molar-refractivity contribution in [2.75, 3.05) is 45.9 Å². The van der Waals surface area contributed by atoms with Crippen molar-refractivity contribution in [1.82, 2.24) is 15.1 Å². The van der Waals surface area contributed by atoms with E-state index in [1.807, 2.05) is 23.1 Å². The Hall–Kier alpha value is -2.72. The van der Waals surface area contributed by atoms with Crippen molar-refractivity contribution in [2.24, 2.45) is 0 Å². The molecule has 1 saturated heterocycles.